The lowest BCUT2D eigenvalue weighted by Crippen LogP contribution is -2.44. The van der Waals surface area contributed by atoms with Crippen molar-refractivity contribution in [3.8, 4) is 5.69 Å². The lowest BCUT2D eigenvalue weighted by molar-refractivity contribution is 0.0667. The fourth-order valence-electron chi connectivity index (χ4n) is 5.11. The maximum absolute atomic E-state index is 13.6. The van der Waals surface area contributed by atoms with E-state index in [0.29, 0.717) is 31.0 Å². The zero-order chi connectivity index (χ0) is 25.1. The predicted octanol–water partition coefficient (Wildman–Crippen LogP) is 4.70. The third-order valence-electron chi connectivity index (χ3n) is 6.89. The second kappa shape index (κ2) is 10.5. The zero-order valence-corrected chi connectivity index (χ0v) is 20.0. The van der Waals surface area contributed by atoms with Gasteiger partial charge in [0.25, 0.3) is 5.91 Å². The number of halogens is 2. The highest BCUT2D eigenvalue weighted by Crippen LogP contribution is 2.29. The van der Waals surface area contributed by atoms with E-state index in [1.54, 1.807) is 22.9 Å². The molecule has 0 bridgehead atoms. The van der Waals surface area contributed by atoms with Gasteiger partial charge in [0.2, 0.25) is 0 Å². The Balaban J connectivity index is 1.26. The second-order valence-corrected chi connectivity index (χ2v) is 9.47. The minimum absolute atomic E-state index is 0.0945. The number of rotatable bonds is 5. The highest BCUT2D eigenvalue weighted by atomic mass is 19.1. The number of fused-ring (bicyclic) bond motifs is 1. The number of urea groups is 1. The third-order valence-corrected chi connectivity index (χ3v) is 6.89. The summed E-state index contributed by atoms with van der Waals surface area (Å²) < 4.78 is 28.6. The number of amides is 3. The van der Waals surface area contributed by atoms with Gasteiger partial charge in [-0.05, 0) is 86.9 Å². The number of hydrogen-bond donors (Lipinski definition) is 2. The van der Waals surface area contributed by atoms with Crippen LogP contribution in [-0.4, -0.2) is 46.3 Å². The molecule has 1 unspecified atom stereocenters. The average molecular weight is 494 g/mol. The maximum Gasteiger partial charge on any atom is 0.319 e. The second-order valence-electron chi connectivity index (χ2n) is 9.47. The molecule has 2 aromatic carbocycles. The molecule has 1 atom stereocenters. The number of aromatic nitrogens is 2. The Morgan fingerprint density at radius 2 is 1.81 bits per heavy atom. The van der Waals surface area contributed by atoms with Gasteiger partial charge >= 0.3 is 6.03 Å². The first-order chi connectivity index (χ1) is 17.5. The number of carbonyl (C=O) groups excluding carboxylic acids is 2. The van der Waals surface area contributed by atoms with Gasteiger partial charge in [-0.2, -0.15) is 5.10 Å². The molecule has 1 aliphatic heterocycles. The van der Waals surface area contributed by atoms with E-state index in [2.05, 4.69) is 10.6 Å². The van der Waals surface area contributed by atoms with Crippen molar-refractivity contribution >= 4 is 17.6 Å². The van der Waals surface area contributed by atoms with E-state index in [0.717, 1.165) is 55.5 Å². The smallest absolute Gasteiger partial charge is 0.319 e. The van der Waals surface area contributed by atoms with Crippen molar-refractivity contribution < 1.29 is 18.4 Å². The minimum atomic E-state index is -0.418. The lowest BCUT2D eigenvalue weighted by Gasteiger charge is -2.32. The van der Waals surface area contributed by atoms with Crippen LogP contribution in [0.25, 0.3) is 5.69 Å². The Morgan fingerprint density at radius 3 is 2.61 bits per heavy atom. The molecule has 0 spiro atoms. The number of carbonyl (C=O) groups is 2. The fraction of sp³-hybridized carbons (Fsp3) is 0.370. The SMILES string of the molecule is O=C(NCC1CCCN(C(=O)c2nn(-c3ccc(F)cc3)c3c2CCCC3)C1)Nc1cccc(F)c1. The van der Waals surface area contributed by atoms with Crippen LogP contribution >= 0.6 is 0 Å². The molecule has 7 nitrogen and oxygen atoms in total. The molecule has 188 valence electrons. The van der Waals surface area contributed by atoms with Crippen molar-refractivity contribution in [1.29, 1.82) is 0 Å². The van der Waals surface area contributed by atoms with E-state index in [1.165, 1.54) is 30.3 Å². The summed E-state index contributed by atoms with van der Waals surface area (Å²) in [6.07, 6.45) is 5.41. The molecule has 5 rings (SSSR count). The van der Waals surface area contributed by atoms with Gasteiger partial charge in [-0.15, -0.1) is 0 Å². The molecular weight excluding hydrogens is 464 g/mol. The molecule has 2 N–H and O–H groups in total. The van der Waals surface area contributed by atoms with E-state index in [1.807, 2.05) is 4.90 Å². The molecule has 1 aliphatic carbocycles. The quantitative estimate of drug-likeness (QED) is 0.541. The predicted molar refractivity (Wildman–Crippen MR) is 132 cm³/mol. The molecule has 1 aromatic heterocycles. The average Bonchev–Trinajstić information content (AvgIpc) is 3.27. The van der Waals surface area contributed by atoms with Crippen molar-refractivity contribution in [2.24, 2.45) is 5.92 Å². The molecule has 36 heavy (non-hydrogen) atoms. The van der Waals surface area contributed by atoms with Crippen LogP contribution in [0.2, 0.25) is 0 Å². The first kappa shape index (κ1) is 24.0. The molecule has 3 aromatic rings. The number of nitrogens with one attached hydrogen (secondary N) is 2. The van der Waals surface area contributed by atoms with Gasteiger partial charge in [-0.25, -0.2) is 18.3 Å². The molecule has 2 aliphatic rings. The van der Waals surface area contributed by atoms with Crippen molar-refractivity contribution in [2.75, 3.05) is 25.0 Å². The molecule has 0 radical (unpaired) electrons. The highest BCUT2D eigenvalue weighted by molar-refractivity contribution is 5.94. The summed E-state index contributed by atoms with van der Waals surface area (Å²) in [5.74, 6) is -0.717. The van der Waals surface area contributed by atoms with Crippen LogP contribution in [0.15, 0.2) is 48.5 Å². The summed E-state index contributed by atoms with van der Waals surface area (Å²) >= 11 is 0. The van der Waals surface area contributed by atoms with E-state index in [4.69, 9.17) is 5.10 Å². The minimum Gasteiger partial charge on any atom is -0.338 e. The van der Waals surface area contributed by atoms with Crippen molar-refractivity contribution in [2.45, 2.75) is 38.5 Å². The van der Waals surface area contributed by atoms with Crippen LogP contribution in [0.3, 0.4) is 0 Å². The van der Waals surface area contributed by atoms with E-state index < -0.39 is 11.8 Å². The number of hydrogen-bond acceptors (Lipinski definition) is 3. The van der Waals surface area contributed by atoms with Gasteiger partial charge in [-0.1, -0.05) is 6.07 Å². The largest absolute Gasteiger partial charge is 0.338 e. The van der Waals surface area contributed by atoms with Gasteiger partial charge in [0.05, 0.1) is 5.69 Å². The number of piperidine rings is 1. The van der Waals surface area contributed by atoms with Gasteiger partial charge < -0.3 is 15.5 Å². The van der Waals surface area contributed by atoms with Crippen LogP contribution in [0.4, 0.5) is 19.3 Å². The van der Waals surface area contributed by atoms with Gasteiger partial charge in [0.15, 0.2) is 5.69 Å². The van der Waals surface area contributed by atoms with E-state index >= 15 is 0 Å². The molecular formula is C27H29F2N5O2. The molecule has 0 saturated carbocycles. The molecule has 1 fully saturated rings. The number of nitrogens with zero attached hydrogens (tertiary/aromatic N) is 3. The molecule has 3 amide bonds. The van der Waals surface area contributed by atoms with Crippen LogP contribution < -0.4 is 10.6 Å². The van der Waals surface area contributed by atoms with Crippen molar-refractivity contribution in [3.63, 3.8) is 0 Å². The van der Waals surface area contributed by atoms with Gasteiger partial charge in [0.1, 0.15) is 11.6 Å². The first-order valence-corrected chi connectivity index (χ1v) is 12.4. The normalized spacial score (nSPS) is 17.4. The first-order valence-electron chi connectivity index (χ1n) is 12.4. The number of anilines is 1. The topological polar surface area (TPSA) is 79.3 Å². The van der Waals surface area contributed by atoms with E-state index in [-0.39, 0.29) is 17.6 Å². The molecule has 9 heteroatoms. The van der Waals surface area contributed by atoms with Gasteiger partial charge in [-0.3, -0.25) is 4.79 Å². The van der Waals surface area contributed by atoms with Crippen LogP contribution in [0.5, 0.6) is 0 Å². The number of likely N-dealkylation sites (tertiary alicyclic amines) is 1. The Morgan fingerprint density at radius 1 is 1.00 bits per heavy atom. The van der Waals surface area contributed by atoms with Crippen molar-refractivity contribution in [3.05, 3.63) is 77.1 Å². The summed E-state index contributed by atoms with van der Waals surface area (Å²) in [5.41, 5.74) is 3.63. The third kappa shape index (κ3) is 5.24. The maximum atomic E-state index is 13.6. The Bertz CT molecular complexity index is 1260. The summed E-state index contributed by atoms with van der Waals surface area (Å²) in [6.45, 7) is 1.58. The fourth-order valence-corrected chi connectivity index (χ4v) is 5.11. The summed E-state index contributed by atoms with van der Waals surface area (Å²) in [5, 5.41) is 10.2. The summed E-state index contributed by atoms with van der Waals surface area (Å²) in [6, 6.07) is 11.5. The zero-order valence-electron chi connectivity index (χ0n) is 20.0. The van der Waals surface area contributed by atoms with Gasteiger partial charge in [0, 0.05) is 36.6 Å². The Hall–Kier alpha value is -3.75. The summed E-state index contributed by atoms with van der Waals surface area (Å²) in [7, 11) is 0. The van der Waals surface area contributed by atoms with E-state index in [9.17, 15) is 18.4 Å². The molecule has 1 saturated heterocycles. The lowest BCUT2D eigenvalue weighted by atomic mass is 9.94. The number of benzene rings is 2. The van der Waals surface area contributed by atoms with Crippen LogP contribution in [0.1, 0.15) is 47.4 Å². The van der Waals surface area contributed by atoms with Crippen molar-refractivity contribution in [1.82, 2.24) is 20.0 Å². The standard InChI is InChI=1S/C27H29F2N5O2/c28-19-10-12-22(13-11-19)34-24-9-2-1-8-23(24)25(32-34)26(35)33-14-4-5-18(17-33)16-30-27(36)31-21-7-3-6-20(29)15-21/h3,6-7,10-13,15,18H,1-2,4-5,8-9,14,16-17H2,(H2,30,31,36). The monoisotopic (exact) mass is 493 g/mol. The highest BCUT2D eigenvalue weighted by Gasteiger charge is 2.31. The van der Waals surface area contributed by atoms with Crippen LogP contribution in [-0.2, 0) is 12.8 Å². The molecule has 2 heterocycles. The summed E-state index contributed by atoms with van der Waals surface area (Å²) in [4.78, 5) is 27.7. The Labute approximate surface area is 208 Å². The van der Waals surface area contributed by atoms with Crippen LogP contribution in [0, 0.1) is 17.6 Å². The Kier molecular flexibility index (Phi) is 6.97.